The third-order valence-electron chi connectivity index (χ3n) is 4.23. The molecule has 0 unspecified atom stereocenters. The monoisotopic (exact) mass is 345 g/mol. The molecule has 0 spiro atoms. The second-order valence-corrected chi connectivity index (χ2v) is 6.04. The lowest BCUT2D eigenvalue weighted by molar-refractivity contribution is -0.145. The van der Waals surface area contributed by atoms with E-state index in [0.29, 0.717) is 18.5 Å². The van der Waals surface area contributed by atoms with Gasteiger partial charge in [0, 0.05) is 17.8 Å². The molecule has 7 nitrogen and oxygen atoms in total. The molecule has 1 heterocycles. The van der Waals surface area contributed by atoms with Crippen LogP contribution in [0.25, 0.3) is 5.69 Å². The third-order valence-corrected chi connectivity index (χ3v) is 4.23. The fraction of sp³-hybridized carbons (Fsp3) is 0.294. The summed E-state index contributed by atoms with van der Waals surface area (Å²) in [6.45, 7) is 1.59. The van der Waals surface area contributed by atoms with E-state index in [0.717, 1.165) is 0 Å². The van der Waals surface area contributed by atoms with E-state index in [1.807, 2.05) is 0 Å². The van der Waals surface area contributed by atoms with Crippen molar-refractivity contribution in [1.82, 2.24) is 15.1 Å². The molecular weight excluding hydrogens is 329 g/mol. The summed E-state index contributed by atoms with van der Waals surface area (Å²) in [6, 6.07) is 6.81. The van der Waals surface area contributed by atoms with Gasteiger partial charge in [0.15, 0.2) is 5.69 Å². The summed E-state index contributed by atoms with van der Waals surface area (Å²) in [5, 5.41) is 15.5. The molecule has 8 heteroatoms. The lowest BCUT2D eigenvalue weighted by atomic mass is 9.80. The summed E-state index contributed by atoms with van der Waals surface area (Å²) in [6.07, 6.45) is 0.628. The Labute approximate surface area is 142 Å². The Morgan fingerprint density at radius 1 is 1.32 bits per heavy atom. The molecule has 130 valence electrons. The van der Waals surface area contributed by atoms with Crippen LogP contribution in [0.1, 0.15) is 29.0 Å². The summed E-state index contributed by atoms with van der Waals surface area (Å²) in [7, 11) is 0. The summed E-state index contributed by atoms with van der Waals surface area (Å²) < 4.78 is 15.2. The molecular formula is C17H16FN3O4. The number of aryl methyl sites for hydroxylation is 1. The zero-order valence-corrected chi connectivity index (χ0v) is 13.4. The molecule has 0 radical (unpaired) electrons. The van der Waals surface area contributed by atoms with Crippen molar-refractivity contribution >= 4 is 11.9 Å². The van der Waals surface area contributed by atoms with Crippen molar-refractivity contribution < 1.29 is 19.1 Å². The Morgan fingerprint density at radius 3 is 2.64 bits per heavy atom. The smallest absolute Gasteiger partial charge is 0.306 e. The van der Waals surface area contributed by atoms with Crippen molar-refractivity contribution in [2.24, 2.45) is 5.92 Å². The quantitative estimate of drug-likeness (QED) is 0.869. The van der Waals surface area contributed by atoms with Crippen molar-refractivity contribution in [3.05, 3.63) is 57.8 Å². The topological polar surface area (TPSA) is 101 Å². The van der Waals surface area contributed by atoms with Crippen LogP contribution in [0, 0.1) is 18.7 Å². The van der Waals surface area contributed by atoms with Crippen molar-refractivity contribution in [2.45, 2.75) is 25.8 Å². The highest BCUT2D eigenvalue weighted by molar-refractivity contribution is 5.92. The SMILES string of the molecule is Cc1cc(=O)c(C(=O)NC2CC(C(=O)O)C2)nn1-c1ccccc1F. The fourth-order valence-corrected chi connectivity index (χ4v) is 2.76. The second-order valence-electron chi connectivity index (χ2n) is 6.04. The van der Waals surface area contributed by atoms with Crippen molar-refractivity contribution in [3.8, 4) is 5.69 Å². The van der Waals surface area contributed by atoms with Crippen LogP contribution < -0.4 is 10.7 Å². The highest BCUT2D eigenvalue weighted by atomic mass is 19.1. The van der Waals surface area contributed by atoms with Crippen LogP contribution in [0.15, 0.2) is 35.1 Å². The van der Waals surface area contributed by atoms with Crippen LogP contribution in [0.5, 0.6) is 0 Å². The number of nitrogens with one attached hydrogen (secondary N) is 1. The van der Waals surface area contributed by atoms with Crippen LogP contribution in [-0.2, 0) is 4.79 Å². The van der Waals surface area contributed by atoms with Crippen LogP contribution in [-0.4, -0.2) is 32.8 Å². The Bertz CT molecular complexity index is 903. The van der Waals surface area contributed by atoms with Crippen LogP contribution in [0.3, 0.4) is 0 Å². The molecule has 25 heavy (non-hydrogen) atoms. The highest BCUT2D eigenvalue weighted by Gasteiger charge is 2.36. The van der Waals surface area contributed by atoms with Gasteiger partial charge in [-0.05, 0) is 31.9 Å². The molecule has 2 aromatic rings. The van der Waals surface area contributed by atoms with Gasteiger partial charge in [0.05, 0.1) is 5.92 Å². The number of rotatable bonds is 4. The number of hydrogen-bond donors (Lipinski definition) is 2. The second kappa shape index (κ2) is 6.46. The van der Waals surface area contributed by atoms with E-state index in [-0.39, 0.29) is 17.4 Å². The van der Waals surface area contributed by atoms with E-state index in [2.05, 4.69) is 10.4 Å². The van der Waals surface area contributed by atoms with Gasteiger partial charge in [-0.1, -0.05) is 12.1 Å². The molecule has 0 aliphatic heterocycles. The van der Waals surface area contributed by atoms with E-state index in [4.69, 9.17) is 5.11 Å². The minimum Gasteiger partial charge on any atom is -0.481 e. The van der Waals surface area contributed by atoms with Gasteiger partial charge < -0.3 is 10.4 Å². The number of halogens is 1. The number of carboxylic acid groups (broad SMARTS) is 1. The largest absolute Gasteiger partial charge is 0.481 e. The predicted molar refractivity (Wildman–Crippen MR) is 86.1 cm³/mol. The maximum Gasteiger partial charge on any atom is 0.306 e. The van der Waals surface area contributed by atoms with Gasteiger partial charge in [0.25, 0.3) is 5.91 Å². The minimum atomic E-state index is -0.902. The van der Waals surface area contributed by atoms with Crippen LogP contribution in [0.2, 0.25) is 0 Å². The molecule has 1 aromatic heterocycles. The molecule has 0 bridgehead atoms. The number of carbonyl (C=O) groups excluding carboxylic acids is 1. The first kappa shape index (κ1) is 16.8. The van der Waals surface area contributed by atoms with E-state index in [1.54, 1.807) is 13.0 Å². The number of aliphatic carboxylic acids is 1. The number of carbonyl (C=O) groups is 2. The minimum absolute atomic E-state index is 0.128. The van der Waals surface area contributed by atoms with Gasteiger partial charge in [0.1, 0.15) is 11.5 Å². The van der Waals surface area contributed by atoms with E-state index >= 15 is 0 Å². The van der Waals surface area contributed by atoms with Gasteiger partial charge in [0.2, 0.25) is 5.43 Å². The molecule has 0 saturated heterocycles. The average Bonchev–Trinajstić information content (AvgIpc) is 2.51. The molecule has 1 aromatic carbocycles. The standard InChI is InChI=1S/C17H16FN3O4/c1-9-6-14(22)15(16(23)19-11-7-10(8-11)17(24)25)20-21(9)13-5-3-2-4-12(13)18/h2-6,10-11H,7-8H2,1H3,(H,19,23)(H,24,25). The molecule has 2 N–H and O–H groups in total. The molecule has 1 aliphatic carbocycles. The molecule has 0 atom stereocenters. The van der Waals surface area contributed by atoms with Crippen molar-refractivity contribution in [3.63, 3.8) is 0 Å². The Morgan fingerprint density at radius 2 is 2.00 bits per heavy atom. The first-order valence-corrected chi connectivity index (χ1v) is 7.76. The summed E-state index contributed by atoms with van der Waals surface area (Å²) in [5.74, 6) is -2.60. The normalized spacial score (nSPS) is 19.1. The molecule has 1 fully saturated rings. The average molecular weight is 345 g/mol. The number of aromatic nitrogens is 2. The maximum absolute atomic E-state index is 14.0. The first-order chi connectivity index (χ1) is 11.9. The number of carboxylic acids is 1. The van der Waals surface area contributed by atoms with E-state index < -0.39 is 29.0 Å². The van der Waals surface area contributed by atoms with Gasteiger partial charge in [-0.15, -0.1) is 0 Å². The van der Waals surface area contributed by atoms with E-state index in [1.165, 1.54) is 28.9 Å². The summed E-state index contributed by atoms with van der Waals surface area (Å²) >= 11 is 0. The van der Waals surface area contributed by atoms with Crippen molar-refractivity contribution in [2.75, 3.05) is 0 Å². The number of para-hydroxylation sites is 1. The van der Waals surface area contributed by atoms with Gasteiger partial charge in [-0.3, -0.25) is 14.4 Å². The zero-order chi connectivity index (χ0) is 18.1. The molecule has 1 amide bonds. The summed E-state index contributed by atoms with van der Waals surface area (Å²) in [4.78, 5) is 35.2. The summed E-state index contributed by atoms with van der Waals surface area (Å²) in [5.41, 5.74) is -0.408. The number of benzene rings is 1. The molecule has 1 saturated carbocycles. The van der Waals surface area contributed by atoms with Gasteiger partial charge >= 0.3 is 5.97 Å². The van der Waals surface area contributed by atoms with Crippen LogP contribution >= 0.6 is 0 Å². The maximum atomic E-state index is 14.0. The van der Waals surface area contributed by atoms with Gasteiger partial charge in [-0.25, -0.2) is 9.07 Å². The van der Waals surface area contributed by atoms with Crippen LogP contribution in [0.4, 0.5) is 4.39 Å². The van der Waals surface area contributed by atoms with Gasteiger partial charge in [-0.2, -0.15) is 5.10 Å². The Kier molecular flexibility index (Phi) is 4.35. The Hall–Kier alpha value is -3.03. The Balaban J connectivity index is 1.86. The zero-order valence-electron chi connectivity index (χ0n) is 13.4. The molecule has 1 aliphatic rings. The third kappa shape index (κ3) is 3.28. The predicted octanol–water partition coefficient (Wildman–Crippen LogP) is 1.27. The fourth-order valence-electron chi connectivity index (χ4n) is 2.76. The van der Waals surface area contributed by atoms with Crippen molar-refractivity contribution in [1.29, 1.82) is 0 Å². The molecule has 3 rings (SSSR count). The number of amides is 1. The lowest BCUT2D eigenvalue weighted by Gasteiger charge is -2.32. The lowest BCUT2D eigenvalue weighted by Crippen LogP contribution is -2.48. The number of nitrogens with zero attached hydrogens (tertiary/aromatic N) is 2. The highest BCUT2D eigenvalue weighted by Crippen LogP contribution is 2.27. The first-order valence-electron chi connectivity index (χ1n) is 7.76. The van der Waals surface area contributed by atoms with E-state index in [9.17, 15) is 18.8 Å². The number of hydrogen-bond acceptors (Lipinski definition) is 4.